The van der Waals surface area contributed by atoms with Gasteiger partial charge < -0.3 is 10.2 Å². The van der Waals surface area contributed by atoms with E-state index in [0.717, 1.165) is 21.3 Å². The monoisotopic (exact) mass is 441 g/mol. The van der Waals surface area contributed by atoms with Crippen molar-refractivity contribution in [3.8, 4) is 0 Å². The number of nitrogens with one attached hydrogen (secondary N) is 1. The van der Waals surface area contributed by atoms with E-state index < -0.39 is 26.6 Å². The largest absolute Gasteiger partial charge is 0.337 e. The molecule has 1 aliphatic rings. The molecule has 0 unspecified atom stereocenters. The van der Waals surface area contributed by atoms with Gasteiger partial charge in [-0.2, -0.15) is 4.31 Å². The maximum Gasteiger partial charge on any atom is 0.317 e. The Kier molecular flexibility index (Phi) is 7.09. The zero-order valence-corrected chi connectivity index (χ0v) is 17.2. The lowest BCUT2D eigenvalue weighted by molar-refractivity contribution is 0.173. The fraction of sp³-hybridized carbons (Fsp3) is 0.316. The van der Waals surface area contributed by atoms with Gasteiger partial charge in [0.05, 0.1) is 0 Å². The Morgan fingerprint density at radius 1 is 1.03 bits per heavy atom. The highest BCUT2D eigenvalue weighted by Gasteiger charge is 2.32. The molecule has 0 atom stereocenters. The van der Waals surface area contributed by atoms with Gasteiger partial charge >= 0.3 is 6.03 Å². The molecule has 2 aromatic carbocycles. The minimum Gasteiger partial charge on any atom is -0.337 e. The Hall–Kier alpha value is -2.17. The van der Waals surface area contributed by atoms with E-state index in [9.17, 15) is 22.0 Å². The first-order valence-corrected chi connectivity index (χ1v) is 11.5. The van der Waals surface area contributed by atoms with Gasteiger partial charge in [-0.1, -0.05) is 18.2 Å². The van der Waals surface area contributed by atoms with E-state index in [-0.39, 0.29) is 32.2 Å². The van der Waals surface area contributed by atoms with Gasteiger partial charge in [-0.25, -0.2) is 22.0 Å². The van der Waals surface area contributed by atoms with Gasteiger partial charge in [0.1, 0.15) is 16.5 Å². The molecule has 1 N–H and O–H groups in total. The smallest absolute Gasteiger partial charge is 0.317 e. The minimum atomic E-state index is -4.16. The molecule has 1 fully saturated rings. The third-order valence-electron chi connectivity index (χ3n) is 4.43. The van der Waals surface area contributed by atoms with Crippen LogP contribution in [0.3, 0.4) is 0 Å². The van der Waals surface area contributed by atoms with Gasteiger partial charge in [0.2, 0.25) is 10.0 Å². The number of sulfonamides is 1. The molecule has 0 saturated carbocycles. The molecule has 0 aromatic heterocycles. The van der Waals surface area contributed by atoms with E-state index >= 15 is 0 Å². The van der Waals surface area contributed by atoms with Crippen LogP contribution in [0, 0.1) is 11.6 Å². The standard InChI is InChI=1S/C19H21F2N3O3S2/c20-15-6-7-17(21)18(14-15)29(26,27)24-11-9-23(10-12-24)19(25)22-8-13-28-16-4-2-1-3-5-16/h1-7,14H,8-13H2,(H,22,25). The highest BCUT2D eigenvalue weighted by molar-refractivity contribution is 7.99. The number of nitrogens with zero attached hydrogens (tertiary/aromatic N) is 2. The highest BCUT2D eigenvalue weighted by atomic mass is 32.2. The van der Waals surface area contributed by atoms with Crippen molar-refractivity contribution in [1.29, 1.82) is 0 Å². The van der Waals surface area contributed by atoms with E-state index in [1.165, 1.54) is 4.90 Å². The zero-order valence-electron chi connectivity index (χ0n) is 15.6. The Morgan fingerprint density at radius 3 is 2.41 bits per heavy atom. The summed E-state index contributed by atoms with van der Waals surface area (Å²) < 4.78 is 53.5. The van der Waals surface area contributed by atoms with Crippen LogP contribution in [0.15, 0.2) is 58.3 Å². The maximum absolute atomic E-state index is 13.9. The zero-order chi connectivity index (χ0) is 20.9. The second kappa shape index (κ2) is 9.55. The molecule has 1 aliphatic heterocycles. The van der Waals surface area contributed by atoms with Crippen LogP contribution in [-0.2, 0) is 10.0 Å². The molecule has 156 valence electrons. The van der Waals surface area contributed by atoms with E-state index in [2.05, 4.69) is 5.32 Å². The molecule has 0 aliphatic carbocycles. The molecule has 0 radical (unpaired) electrons. The number of hydrogen-bond acceptors (Lipinski definition) is 4. The average molecular weight is 442 g/mol. The van der Waals surface area contributed by atoms with E-state index in [1.807, 2.05) is 30.3 Å². The lowest BCUT2D eigenvalue weighted by Gasteiger charge is -2.34. The van der Waals surface area contributed by atoms with Gasteiger partial charge in [-0.15, -0.1) is 11.8 Å². The van der Waals surface area contributed by atoms with Crippen molar-refractivity contribution in [2.45, 2.75) is 9.79 Å². The molecular weight excluding hydrogens is 420 g/mol. The summed E-state index contributed by atoms with van der Waals surface area (Å²) >= 11 is 1.63. The fourth-order valence-electron chi connectivity index (χ4n) is 2.90. The summed E-state index contributed by atoms with van der Waals surface area (Å²) in [5.74, 6) is -1.11. The molecule has 0 spiro atoms. The first-order valence-electron chi connectivity index (χ1n) is 9.04. The van der Waals surface area contributed by atoms with Gasteiger partial charge in [-0.05, 0) is 30.3 Å². The predicted octanol–water partition coefficient (Wildman–Crippen LogP) is 2.77. The van der Waals surface area contributed by atoms with Crippen LogP contribution in [0.1, 0.15) is 0 Å². The van der Waals surface area contributed by atoms with Crippen molar-refractivity contribution < 1.29 is 22.0 Å². The number of hydrogen-bond donors (Lipinski definition) is 1. The van der Waals surface area contributed by atoms with Crippen molar-refractivity contribution in [2.75, 3.05) is 38.5 Å². The number of piperazine rings is 1. The normalized spacial score (nSPS) is 15.3. The Balaban J connectivity index is 1.48. The summed E-state index contributed by atoms with van der Waals surface area (Å²) in [6.45, 7) is 0.863. The van der Waals surface area contributed by atoms with Crippen molar-refractivity contribution in [2.24, 2.45) is 0 Å². The lowest BCUT2D eigenvalue weighted by Crippen LogP contribution is -2.53. The lowest BCUT2D eigenvalue weighted by atomic mass is 10.3. The highest BCUT2D eigenvalue weighted by Crippen LogP contribution is 2.22. The second-order valence-electron chi connectivity index (χ2n) is 6.36. The van der Waals surface area contributed by atoms with Crippen LogP contribution in [0.5, 0.6) is 0 Å². The van der Waals surface area contributed by atoms with E-state index in [0.29, 0.717) is 18.4 Å². The maximum atomic E-state index is 13.9. The number of carbonyl (C=O) groups excluding carboxylic acids is 1. The first kappa shape index (κ1) is 21.5. The summed E-state index contributed by atoms with van der Waals surface area (Å²) in [7, 11) is -4.16. The Labute approximate surface area is 172 Å². The number of carbonyl (C=O) groups is 1. The summed E-state index contributed by atoms with van der Waals surface area (Å²) in [6, 6.07) is 11.9. The number of thioether (sulfide) groups is 1. The number of amides is 2. The molecule has 10 heteroatoms. The molecular formula is C19H21F2N3O3S2. The third-order valence-corrected chi connectivity index (χ3v) is 7.35. The van der Waals surface area contributed by atoms with Gasteiger partial charge in [0, 0.05) is 43.4 Å². The quantitative estimate of drug-likeness (QED) is 0.553. The molecule has 6 nitrogen and oxygen atoms in total. The Bertz CT molecular complexity index is 950. The minimum absolute atomic E-state index is 0.0183. The Morgan fingerprint density at radius 2 is 1.72 bits per heavy atom. The van der Waals surface area contributed by atoms with Crippen LogP contribution in [0.4, 0.5) is 13.6 Å². The van der Waals surface area contributed by atoms with E-state index in [4.69, 9.17) is 0 Å². The molecule has 0 bridgehead atoms. The van der Waals surface area contributed by atoms with Gasteiger partial charge in [0.15, 0.2) is 0 Å². The van der Waals surface area contributed by atoms with Crippen molar-refractivity contribution in [1.82, 2.24) is 14.5 Å². The molecule has 3 rings (SSSR count). The molecule has 29 heavy (non-hydrogen) atoms. The van der Waals surface area contributed by atoms with Crippen molar-refractivity contribution >= 4 is 27.8 Å². The molecule has 2 amide bonds. The SMILES string of the molecule is O=C(NCCSc1ccccc1)N1CCN(S(=O)(=O)c2cc(F)ccc2F)CC1. The predicted molar refractivity (Wildman–Crippen MR) is 107 cm³/mol. The second-order valence-corrected chi connectivity index (χ2v) is 9.43. The number of urea groups is 1. The average Bonchev–Trinajstić information content (AvgIpc) is 2.73. The van der Waals surface area contributed by atoms with Crippen molar-refractivity contribution in [3.05, 3.63) is 60.2 Å². The van der Waals surface area contributed by atoms with E-state index in [1.54, 1.807) is 11.8 Å². The summed E-state index contributed by atoms with van der Waals surface area (Å²) in [6.07, 6.45) is 0. The van der Waals surface area contributed by atoms with Crippen molar-refractivity contribution in [3.63, 3.8) is 0 Å². The summed E-state index contributed by atoms with van der Waals surface area (Å²) in [5.41, 5.74) is 0. The number of halogens is 2. The summed E-state index contributed by atoms with van der Waals surface area (Å²) in [4.78, 5) is 14.2. The topological polar surface area (TPSA) is 69.7 Å². The van der Waals surface area contributed by atoms with Crippen LogP contribution < -0.4 is 5.32 Å². The number of benzene rings is 2. The van der Waals surface area contributed by atoms with Gasteiger partial charge in [-0.3, -0.25) is 0 Å². The first-order chi connectivity index (χ1) is 13.9. The van der Waals surface area contributed by atoms with Crippen LogP contribution in [0.25, 0.3) is 0 Å². The van der Waals surface area contributed by atoms with Crippen LogP contribution >= 0.6 is 11.8 Å². The number of rotatable bonds is 6. The molecule has 1 heterocycles. The third kappa shape index (κ3) is 5.46. The van der Waals surface area contributed by atoms with Gasteiger partial charge in [0.25, 0.3) is 0 Å². The molecule has 1 saturated heterocycles. The fourth-order valence-corrected chi connectivity index (χ4v) is 5.19. The van der Waals surface area contributed by atoms with Crippen LogP contribution in [-0.4, -0.2) is 62.1 Å². The summed E-state index contributed by atoms with van der Waals surface area (Å²) in [5, 5.41) is 2.81. The molecule has 2 aromatic rings. The van der Waals surface area contributed by atoms with Crippen LogP contribution in [0.2, 0.25) is 0 Å².